The molecule has 0 unspecified atom stereocenters. The van der Waals surface area contributed by atoms with Crippen molar-refractivity contribution < 1.29 is 0 Å². The first-order chi connectivity index (χ1) is 14.9. The summed E-state index contributed by atoms with van der Waals surface area (Å²) in [6.45, 7) is 5.52. The van der Waals surface area contributed by atoms with E-state index < -0.39 is 0 Å². The van der Waals surface area contributed by atoms with Crippen LogP contribution in [0.2, 0.25) is 5.02 Å². The van der Waals surface area contributed by atoms with E-state index in [0.29, 0.717) is 22.5 Å². The number of benzene rings is 2. The highest BCUT2D eigenvalue weighted by Gasteiger charge is 2.21. The second kappa shape index (κ2) is 8.95. The van der Waals surface area contributed by atoms with Crippen LogP contribution in [0.3, 0.4) is 0 Å². The molecule has 0 spiro atoms. The first-order valence-corrected chi connectivity index (χ1v) is 10.9. The van der Waals surface area contributed by atoms with E-state index in [0.717, 1.165) is 49.3 Å². The highest BCUT2D eigenvalue weighted by molar-refractivity contribution is 6.33. The van der Waals surface area contributed by atoms with Gasteiger partial charge in [-0.3, -0.25) is 9.36 Å². The van der Waals surface area contributed by atoms with E-state index in [1.165, 1.54) is 11.6 Å². The first kappa shape index (κ1) is 21.1. The van der Waals surface area contributed by atoms with Gasteiger partial charge in [-0.1, -0.05) is 23.7 Å². The van der Waals surface area contributed by atoms with Crippen LogP contribution < -0.4 is 10.5 Å². The molecule has 0 radical (unpaired) electrons. The smallest absolute Gasteiger partial charge is 0.258 e. The van der Waals surface area contributed by atoms with Crippen molar-refractivity contribution in [3.05, 3.63) is 86.6 Å². The maximum atomic E-state index is 12.4. The Kier molecular flexibility index (Phi) is 6.11. The van der Waals surface area contributed by atoms with Crippen LogP contribution in [0, 0.1) is 31.1 Å². The minimum Gasteiger partial charge on any atom is -0.370 e. The number of aryl methyl sites for hydroxylation is 2. The summed E-state index contributed by atoms with van der Waals surface area (Å²) in [5, 5.41) is 9.74. The lowest BCUT2D eigenvalue weighted by Gasteiger charge is -2.34. The van der Waals surface area contributed by atoms with E-state index in [-0.39, 0.29) is 5.56 Å². The molecule has 0 amide bonds. The summed E-state index contributed by atoms with van der Waals surface area (Å²) >= 11 is 6.64. The molecule has 0 atom stereocenters. The van der Waals surface area contributed by atoms with Crippen molar-refractivity contribution in [2.45, 2.75) is 33.1 Å². The van der Waals surface area contributed by atoms with Gasteiger partial charge in [0.25, 0.3) is 5.56 Å². The topological polar surface area (TPSA) is 61.9 Å². The van der Waals surface area contributed by atoms with Gasteiger partial charge in [0.15, 0.2) is 0 Å². The zero-order valence-electron chi connectivity index (χ0n) is 17.8. The number of hydrogen-bond acceptors (Lipinski definition) is 4. The van der Waals surface area contributed by atoms with Gasteiger partial charge in [0, 0.05) is 24.8 Å². The quantitative estimate of drug-likeness (QED) is 0.592. The molecule has 4 rings (SSSR count). The zero-order valence-corrected chi connectivity index (χ0v) is 18.6. The lowest BCUT2D eigenvalue weighted by molar-refractivity contribution is 0.404. The van der Waals surface area contributed by atoms with Crippen LogP contribution in [0.4, 0.5) is 5.69 Å². The Morgan fingerprint density at radius 3 is 2.58 bits per heavy atom. The molecule has 1 aliphatic rings. The van der Waals surface area contributed by atoms with Gasteiger partial charge < -0.3 is 4.90 Å². The average Bonchev–Trinajstić information content (AvgIpc) is 2.74. The van der Waals surface area contributed by atoms with Crippen LogP contribution in [-0.4, -0.2) is 22.6 Å². The van der Waals surface area contributed by atoms with E-state index in [1.54, 1.807) is 4.57 Å². The number of aromatic nitrogens is 2. The third-order valence-electron chi connectivity index (χ3n) is 5.94. The Balaban J connectivity index is 1.46. The first-order valence-electron chi connectivity index (χ1n) is 10.6. The lowest BCUT2D eigenvalue weighted by Crippen LogP contribution is -2.34. The second-order valence-corrected chi connectivity index (χ2v) is 8.61. The van der Waals surface area contributed by atoms with Crippen LogP contribution in [-0.2, 0) is 6.42 Å². The SMILES string of the molecule is Cc1cc(=O)n(-c2ccc(N3CCC(Cc4cccc(C#N)c4)CC3)c(Cl)c2)c(C)n1. The Hall–Kier alpha value is -3.10. The van der Waals surface area contributed by atoms with Crippen molar-refractivity contribution in [3.8, 4) is 11.8 Å². The van der Waals surface area contributed by atoms with Crippen LogP contribution in [0.15, 0.2) is 53.3 Å². The molecule has 1 saturated heterocycles. The minimum atomic E-state index is -0.102. The normalized spacial score (nSPS) is 14.5. The summed E-state index contributed by atoms with van der Waals surface area (Å²) in [5.74, 6) is 1.25. The Bertz CT molecular complexity index is 1200. The molecule has 1 fully saturated rings. The predicted molar refractivity (Wildman–Crippen MR) is 124 cm³/mol. The van der Waals surface area contributed by atoms with E-state index in [1.807, 2.05) is 50.2 Å². The number of piperidine rings is 1. The van der Waals surface area contributed by atoms with Gasteiger partial charge in [-0.15, -0.1) is 0 Å². The van der Waals surface area contributed by atoms with E-state index in [2.05, 4.69) is 22.0 Å². The predicted octanol–water partition coefficient (Wildman–Crippen LogP) is 4.83. The van der Waals surface area contributed by atoms with Crippen molar-refractivity contribution in [2.75, 3.05) is 18.0 Å². The summed E-state index contributed by atoms with van der Waals surface area (Å²) in [6, 6.07) is 17.4. The molecule has 6 heteroatoms. The van der Waals surface area contributed by atoms with Gasteiger partial charge in [0.1, 0.15) is 5.82 Å². The van der Waals surface area contributed by atoms with E-state index in [9.17, 15) is 4.79 Å². The fourth-order valence-electron chi connectivity index (χ4n) is 4.42. The molecule has 5 nitrogen and oxygen atoms in total. The van der Waals surface area contributed by atoms with Crippen molar-refractivity contribution in [3.63, 3.8) is 0 Å². The highest BCUT2D eigenvalue weighted by Crippen LogP contribution is 2.32. The summed E-state index contributed by atoms with van der Waals surface area (Å²) in [5.41, 5.74) is 4.29. The van der Waals surface area contributed by atoms with Gasteiger partial charge in [0.05, 0.1) is 28.0 Å². The Morgan fingerprint density at radius 2 is 1.90 bits per heavy atom. The molecule has 2 heterocycles. The van der Waals surface area contributed by atoms with E-state index in [4.69, 9.17) is 16.9 Å². The fraction of sp³-hybridized carbons (Fsp3) is 0.320. The van der Waals surface area contributed by atoms with Crippen molar-refractivity contribution in [1.29, 1.82) is 5.26 Å². The van der Waals surface area contributed by atoms with Crippen LogP contribution >= 0.6 is 11.6 Å². The lowest BCUT2D eigenvalue weighted by atomic mass is 9.89. The largest absolute Gasteiger partial charge is 0.370 e. The van der Waals surface area contributed by atoms with Crippen molar-refractivity contribution in [1.82, 2.24) is 9.55 Å². The molecule has 2 aromatic carbocycles. The molecule has 158 valence electrons. The zero-order chi connectivity index (χ0) is 22.0. The standard InChI is InChI=1S/C25H25ClN4O/c1-17-12-25(31)30(18(2)28-17)22-6-7-24(23(26)15-22)29-10-8-19(9-11-29)13-20-4-3-5-21(14-20)16-27/h3-7,12,14-15,19H,8-11,13H2,1-2H3. The second-order valence-electron chi connectivity index (χ2n) is 8.20. The van der Waals surface area contributed by atoms with E-state index >= 15 is 0 Å². The molecular formula is C25H25ClN4O. The molecule has 0 bridgehead atoms. The maximum absolute atomic E-state index is 12.4. The summed E-state index contributed by atoms with van der Waals surface area (Å²) in [7, 11) is 0. The minimum absolute atomic E-state index is 0.102. The third-order valence-corrected chi connectivity index (χ3v) is 6.24. The molecule has 31 heavy (non-hydrogen) atoms. The number of anilines is 1. The number of nitriles is 1. The van der Waals surface area contributed by atoms with Crippen LogP contribution in [0.5, 0.6) is 0 Å². The maximum Gasteiger partial charge on any atom is 0.258 e. The number of hydrogen-bond donors (Lipinski definition) is 0. The Morgan fingerprint density at radius 1 is 1.13 bits per heavy atom. The average molecular weight is 433 g/mol. The molecule has 0 aliphatic carbocycles. The molecule has 1 aromatic heterocycles. The molecule has 1 aliphatic heterocycles. The fourth-order valence-corrected chi connectivity index (χ4v) is 4.72. The van der Waals surface area contributed by atoms with Crippen LogP contribution in [0.25, 0.3) is 5.69 Å². The summed E-state index contributed by atoms with van der Waals surface area (Å²) in [4.78, 5) is 19.2. The van der Waals surface area contributed by atoms with Crippen molar-refractivity contribution >= 4 is 17.3 Å². The molecule has 0 saturated carbocycles. The summed E-state index contributed by atoms with van der Waals surface area (Å²) in [6.07, 6.45) is 3.16. The van der Waals surface area contributed by atoms with Gasteiger partial charge in [-0.25, -0.2) is 4.98 Å². The van der Waals surface area contributed by atoms with Crippen molar-refractivity contribution in [2.24, 2.45) is 5.92 Å². The van der Waals surface area contributed by atoms with Gasteiger partial charge in [-0.2, -0.15) is 5.26 Å². The molecular weight excluding hydrogens is 408 g/mol. The highest BCUT2D eigenvalue weighted by atomic mass is 35.5. The summed E-state index contributed by atoms with van der Waals surface area (Å²) < 4.78 is 1.59. The number of rotatable bonds is 4. The number of halogens is 1. The third kappa shape index (κ3) is 4.65. The van der Waals surface area contributed by atoms with Gasteiger partial charge in [-0.05, 0) is 74.9 Å². The Labute approximate surface area is 187 Å². The van der Waals surface area contributed by atoms with Gasteiger partial charge >= 0.3 is 0 Å². The number of nitrogens with zero attached hydrogens (tertiary/aromatic N) is 4. The molecule has 3 aromatic rings. The van der Waals surface area contributed by atoms with Crippen LogP contribution in [0.1, 0.15) is 35.5 Å². The monoisotopic (exact) mass is 432 g/mol. The van der Waals surface area contributed by atoms with Gasteiger partial charge in [0.2, 0.25) is 0 Å². The molecule has 0 N–H and O–H groups in total.